The van der Waals surface area contributed by atoms with Gasteiger partial charge in [-0.15, -0.1) is 0 Å². The highest BCUT2D eigenvalue weighted by Crippen LogP contribution is 2.10. The highest BCUT2D eigenvalue weighted by Gasteiger charge is 2.08. The van der Waals surface area contributed by atoms with Crippen molar-refractivity contribution in [1.29, 1.82) is 0 Å². The van der Waals surface area contributed by atoms with E-state index in [2.05, 4.69) is 17.2 Å². The van der Waals surface area contributed by atoms with E-state index < -0.39 is 5.82 Å². The van der Waals surface area contributed by atoms with Crippen molar-refractivity contribution in [2.75, 3.05) is 13.1 Å². The minimum atomic E-state index is -0.513. The van der Waals surface area contributed by atoms with E-state index in [1.165, 1.54) is 17.7 Å². The molecule has 1 aromatic carbocycles. The van der Waals surface area contributed by atoms with E-state index in [0.717, 1.165) is 6.42 Å². The van der Waals surface area contributed by atoms with Gasteiger partial charge in [-0.05, 0) is 47.0 Å². The maximum absolute atomic E-state index is 13.8. The van der Waals surface area contributed by atoms with Crippen LogP contribution in [-0.2, 0) is 6.42 Å². The molecule has 2 rings (SSSR count). The molecule has 3 N–H and O–H groups in total. The minimum absolute atomic E-state index is 0.171. The van der Waals surface area contributed by atoms with Crippen LogP contribution in [0.3, 0.4) is 0 Å². The van der Waals surface area contributed by atoms with Gasteiger partial charge in [-0.25, -0.2) is 4.39 Å². The predicted molar refractivity (Wildman–Crippen MR) is 82.7 cm³/mol. The lowest BCUT2D eigenvalue weighted by atomic mass is 10.1. The first-order valence-electron chi connectivity index (χ1n) is 6.48. The van der Waals surface area contributed by atoms with E-state index in [0.29, 0.717) is 6.54 Å². The van der Waals surface area contributed by atoms with Gasteiger partial charge >= 0.3 is 0 Å². The second-order valence-corrected chi connectivity index (χ2v) is 5.12. The van der Waals surface area contributed by atoms with Gasteiger partial charge in [0.05, 0.1) is 12.1 Å². The Kier molecular flexibility index (Phi) is 5.50. The Morgan fingerprint density at radius 1 is 1.38 bits per heavy atom. The maximum Gasteiger partial charge on any atom is 0.251 e. The predicted octanol–water partition coefficient (Wildman–Crippen LogP) is 2.17. The second-order valence-electron chi connectivity index (χ2n) is 4.34. The lowest BCUT2D eigenvalue weighted by molar-refractivity contribution is 0.0953. The van der Waals surface area contributed by atoms with Crippen molar-refractivity contribution in [2.24, 2.45) is 5.73 Å². The third-order valence-corrected chi connectivity index (χ3v) is 3.57. The van der Waals surface area contributed by atoms with Gasteiger partial charge < -0.3 is 11.1 Å². The van der Waals surface area contributed by atoms with Gasteiger partial charge in [-0.2, -0.15) is 11.3 Å². The average Bonchev–Trinajstić information content (AvgIpc) is 2.99. The molecule has 0 unspecified atom stereocenters. The van der Waals surface area contributed by atoms with Crippen LogP contribution in [0.15, 0.2) is 35.0 Å². The maximum atomic E-state index is 13.8. The van der Waals surface area contributed by atoms with Crippen LogP contribution >= 0.6 is 11.3 Å². The number of halogens is 1. The number of carbonyl (C=O) groups excluding carboxylic acids is 1. The van der Waals surface area contributed by atoms with Crippen molar-refractivity contribution in [1.82, 2.24) is 5.32 Å². The molecule has 1 heterocycles. The molecule has 0 fully saturated rings. The van der Waals surface area contributed by atoms with E-state index in [1.54, 1.807) is 17.4 Å². The van der Waals surface area contributed by atoms with Crippen LogP contribution in [0.5, 0.6) is 0 Å². The first-order chi connectivity index (χ1) is 10.2. The number of nitrogens with two attached hydrogens (primary N) is 1. The quantitative estimate of drug-likeness (QED) is 0.851. The van der Waals surface area contributed by atoms with Crippen molar-refractivity contribution in [3.8, 4) is 11.8 Å². The third kappa shape index (κ3) is 4.42. The highest BCUT2D eigenvalue weighted by atomic mass is 32.1. The van der Waals surface area contributed by atoms with E-state index in [4.69, 9.17) is 5.73 Å². The number of rotatable bonds is 4. The lowest BCUT2D eigenvalue weighted by Gasteiger charge is -2.05. The van der Waals surface area contributed by atoms with Crippen LogP contribution in [0, 0.1) is 17.7 Å². The number of amides is 1. The van der Waals surface area contributed by atoms with E-state index >= 15 is 0 Å². The lowest BCUT2D eigenvalue weighted by Crippen LogP contribution is -2.25. The zero-order valence-corrected chi connectivity index (χ0v) is 12.2. The van der Waals surface area contributed by atoms with Crippen LogP contribution in [0.4, 0.5) is 4.39 Å². The molecular formula is C16H15FN2OS. The number of hydrogen-bond donors (Lipinski definition) is 2. The zero-order valence-electron chi connectivity index (χ0n) is 11.4. The standard InChI is InChI=1S/C16H15FN2OS/c17-15-10-14(4-3-13(15)2-1-7-18)16(20)19-8-5-12-6-9-21-11-12/h3-4,6,9-11H,5,7-8,18H2,(H,19,20). The molecule has 0 bridgehead atoms. The summed E-state index contributed by atoms with van der Waals surface area (Å²) in [5.74, 6) is 4.40. The Labute approximate surface area is 127 Å². The van der Waals surface area contributed by atoms with Crippen LogP contribution in [0.2, 0.25) is 0 Å². The number of nitrogens with one attached hydrogen (secondary N) is 1. The molecule has 0 aliphatic heterocycles. The largest absolute Gasteiger partial charge is 0.352 e. The van der Waals surface area contributed by atoms with Gasteiger partial charge in [0.15, 0.2) is 0 Å². The van der Waals surface area contributed by atoms with Gasteiger partial charge in [0.1, 0.15) is 5.82 Å². The van der Waals surface area contributed by atoms with Crippen molar-refractivity contribution < 1.29 is 9.18 Å². The fourth-order valence-corrected chi connectivity index (χ4v) is 2.46. The van der Waals surface area contributed by atoms with Crippen molar-refractivity contribution in [2.45, 2.75) is 6.42 Å². The number of thiophene rings is 1. The van der Waals surface area contributed by atoms with Gasteiger partial charge in [0.2, 0.25) is 0 Å². The normalized spacial score (nSPS) is 9.81. The summed E-state index contributed by atoms with van der Waals surface area (Å²) in [4.78, 5) is 11.9. The topological polar surface area (TPSA) is 55.1 Å². The van der Waals surface area contributed by atoms with Gasteiger partial charge in [0, 0.05) is 12.1 Å². The molecule has 108 valence electrons. The van der Waals surface area contributed by atoms with Crippen LogP contribution in [0.25, 0.3) is 0 Å². The Morgan fingerprint density at radius 3 is 2.90 bits per heavy atom. The third-order valence-electron chi connectivity index (χ3n) is 2.84. The molecule has 0 atom stereocenters. The van der Waals surface area contributed by atoms with E-state index in [1.807, 2.05) is 16.8 Å². The number of hydrogen-bond acceptors (Lipinski definition) is 3. The molecule has 0 saturated carbocycles. The molecule has 0 spiro atoms. The van der Waals surface area contributed by atoms with Gasteiger partial charge in [-0.3, -0.25) is 4.79 Å². The monoisotopic (exact) mass is 302 g/mol. The molecule has 0 aliphatic carbocycles. The molecule has 1 aromatic heterocycles. The Morgan fingerprint density at radius 2 is 2.24 bits per heavy atom. The summed E-state index contributed by atoms with van der Waals surface area (Å²) < 4.78 is 13.8. The highest BCUT2D eigenvalue weighted by molar-refractivity contribution is 7.07. The second kappa shape index (κ2) is 7.58. The fourth-order valence-electron chi connectivity index (χ4n) is 1.76. The molecule has 3 nitrogen and oxygen atoms in total. The summed E-state index contributed by atoms with van der Waals surface area (Å²) in [7, 11) is 0. The van der Waals surface area contributed by atoms with Crippen molar-refractivity contribution in [3.63, 3.8) is 0 Å². The Balaban J connectivity index is 1.94. The molecule has 21 heavy (non-hydrogen) atoms. The van der Waals surface area contributed by atoms with Gasteiger partial charge in [0.25, 0.3) is 5.91 Å². The summed E-state index contributed by atoms with van der Waals surface area (Å²) in [6, 6.07) is 6.26. The number of carbonyl (C=O) groups is 1. The summed E-state index contributed by atoms with van der Waals surface area (Å²) >= 11 is 1.62. The summed E-state index contributed by atoms with van der Waals surface area (Å²) in [6.07, 6.45) is 0.762. The number of benzene rings is 1. The van der Waals surface area contributed by atoms with Crippen molar-refractivity contribution >= 4 is 17.2 Å². The van der Waals surface area contributed by atoms with Crippen molar-refractivity contribution in [3.05, 3.63) is 57.5 Å². The van der Waals surface area contributed by atoms with E-state index in [9.17, 15) is 9.18 Å². The summed E-state index contributed by atoms with van der Waals surface area (Å²) in [5, 5.41) is 6.80. The molecular weight excluding hydrogens is 287 g/mol. The van der Waals surface area contributed by atoms with Crippen LogP contribution in [0.1, 0.15) is 21.5 Å². The van der Waals surface area contributed by atoms with Crippen LogP contribution in [-0.4, -0.2) is 19.0 Å². The average molecular weight is 302 g/mol. The molecule has 0 saturated heterocycles. The minimum Gasteiger partial charge on any atom is -0.352 e. The molecule has 2 aromatic rings. The molecule has 0 aliphatic rings. The first-order valence-corrected chi connectivity index (χ1v) is 7.42. The smallest absolute Gasteiger partial charge is 0.251 e. The first kappa shape index (κ1) is 15.2. The summed E-state index contributed by atoms with van der Waals surface area (Å²) in [5.41, 5.74) is 6.95. The zero-order chi connectivity index (χ0) is 15.1. The fraction of sp³-hybridized carbons (Fsp3) is 0.188. The molecule has 5 heteroatoms. The Bertz CT molecular complexity index is 671. The van der Waals surface area contributed by atoms with E-state index in [-0.39, 0.29) is 23.6 Å². The van der Waals surface area contributed by atoms with Gasteiger partial charge in [-0.1, -0.05) is 11.8 Å². The van der Waals surface area contributed by atoms with Crippen LogP contribution < -0.4 is 11.1 Å². The Hall–Kier alpha value is -2.16. The SMILES string of the molecule is NCC#Cc1ccc(C(=O)NCCc2ccsc2)cc1F. The molecule has 0 radical (unpaired) electrons. The summed E-state index contributed by atoms with van der Waals surface area (Å²) in [6.45, 7) is 0.691. The molecule has 1 amide bonds.